The Balaban J connectivity index is 1.70. The molecule has 20 heavy (non-hydrogen) atoms. The van der Waals surface area contributed by atoms with Crippen LogP contribution in [0.15, 0.2) is 30.5 Å². The number of anilines is 1. The van der Waals surface area contributed by atoms with Gasteiger partial charge in [0.25, 0.3) is 5.91 Å². The van der Waals surface area contributed by atoms with E-state index in [1.54, 1.807) is 6.20 Å². The maximum atomic E-state index is 12.1. The predicted octanol–water partition coefficient (Wildman–Crippen LogP) is 3.30. The number of thiazole rings is 1. The summed E-state index contributed by atoms with van der Waals surface area (Å²) in [4.78, 5) is 17.2. The number of hydrogen-bond acceptors (Lipinski definition) is 4. The van der Waals surface area contributed by atoms with Crippen molar-refractivity contribution in [2.24, 2.45) is 0 Å². The molecular weight excluding hydrogens is 294 g/mol. The van der Waals surface area contributed by atoms with E-state index in [-0.39, 0.29) is 5.91 Å². The molecular formula is C14H14ClN3OS. The van der Waals surface area contributed by atoms with Gasteiger partial charge in [-0.25, -0.2) is 4.98 Å². The van der Waals surface area contributed by atoms with Crippen LogP contribution in [0, 0.1) is 0 Å². The highest BCUT2D eigenvalue weighted by atomic mass is 35.5. The number of rotatable bonds is 5. The zero-order chi connectivity index (χ0) is 13.9. The standard InChI is InChI=1S/C14H14ClN3OS/c15-14-17-8-10(20-14)7-16-12-4-2-1-3-11(12)13(19)18-9-5-6-9/h1-4,8-9,16H,5-7H2,(H,18,19). The molecule has 0 bridgehead atoms. The van der Waals surface area contributed by atoms with E-state index < -0.39 is 0 Å². The van der Waals surface area contributed by atoms with Gasteiger partial charge in [-0.2, -0.15) is 0 Å². The quantitative estimate of drug-likeness (QED) is 0.891. The molecule has 1 amide bonds. The maximum Gasteiger partial charge on any atom is 0.253 e. The van der Waals surface area contributed by atoms with Crippen molar-refractivity contribution in [3.8, 4) is 0 Å². The normalized spacial score (nSPS) is 14.1. The fraction of sp³-hybridized carbons (Fsp3) is 0.286. The minimum absolute atomic E-state index is 0.0158. The molecule has 0 saturated heterocycles. The molecule has 0 spiro atoms. The Hall–Kier alpha value is -1.59. The van der Waals surface area contributed by atoms with Crippen LogP contribution in [0.3, 0.4) is 0 Å². The van der Waals surface area contributed by atoms with Crippen LogP contribution in [0.25, 0.3) is 0 Å². The van der Waals surface area contributed by atoms with Gasteiger partial charge in [0.2, 0.25) is 0 Å². The van der Waals surface area contributed by atoms with Gasteiger partial charge in [-0.05, 0) is 25.0 Å². The molecule has 104 valence electrons. The van der Waals surface area contributed by atoms with Crippen molar-refractivity contribution >= 4 is 34.5 Å². The summed E-state index contributed by atoms with van der Waals surface area (Å²) in [5.41, 5.74) is 1.50. The van der Waals surface area contributed by atoms with Gasteiger partial charge >= 0.3 is 0 Å². The number of nitrogens with one attached hydrogen (secondary N) is 2. The molecule has 1 aromatic heterocycles. The van der Waals surface area contributed by atoms with E-state index >= 15 is 0 Å². The van der Waals surface area contributed by atoms with E-state index in [9.17, 15) is 4.79 Å². The Bertz CT molecular complexity index is 624. The third kappa shape index (κ3) is 3.29. The van der Waals surface area contributed by atoms with Gasteiger partial charge in [0.15, 0.2) is 4.47 Å². The Kier molecular flexibility index (Phi) is 3.89. The average Bonchev–Trinajstić information content (AvgIpc) is 3.17. The summed E-state index contributed by atoms with van der Waals surface area (Å²) in [6.45, 7) is 0.609. The van der Waals surface area contributed by atoms with E-state index in [2.05, 4.69) is 15.6 Å². The van der Waals surface area contributed by atoms with Crippen molar-refractivity contribution in [3.63, 3.8) is 0 Å². The zero-order valence-corrected chi connectivity index (χ0v) is 12.3. The SMILES string of the molecule is O=C(NC1CC1)c1ccccc1NCc1cnc(Cl)s1. The molecule has 1 fully saturated rings. The fourth-order valence-electron chi connectivity index (χ4n) is 1.87. The van der Waals surface area contributed by atoms with E-state index in [1.165, 1.54) is 11.3 Å². The minimum Gasteiger partial charge on any atom is -0.379 e. The second-order valence-corrected chi connectivity index (χ2v) is 6.42. The van der Waals surface area contributed by atoms with Crippen molar-refractivity contribution in [2.75, 3.05) is 5.32 Å². The predicted molar refractivity (Wildman–Crippen MR) is 81.4 cm³/mol. The van der Waals surface area contributed by atoms with Crippen LogP contribution in [0.5, 0.6) is 0 Å². The lowest BCUT2D eigenvalue weighted by molar-refractivity contribution is 0.0952. The average molecular weight is 308 g/mol. The minimum atomic E-state index is -0.0158. The van der Waals surface area contributed by atoms with Gasteiger partial charge in [-0.1, -0.05) is 23.7 Å². The number of benzene rings is 1. The number of amides is 1. The molecule has 6 heteroatoms. The van der Waals surface area contributed by atoms with Crippen molar-refractivity contribution in [1.82, 2.24) is 10.3 Å². The first-order valence-electron chi connectivity index (χ1n) is 6.46. The largest absolute Gasteiger partial charge is 0.379 e. The number of para-hydroxylation sites is 1. The fourth-order valence-corrected chi connectivity index (χ4v) is 2.79. The van der Waals surface area contributed by atoms with Crippen LogP contribution in [-0.2, 0) is 6.54 Å². The van der Waals surface area contributed by atoms with Crippen LogP contribution < -0.4 is 10.6 Å². The van der Waals surface area contributed by atoms with Crippen molar-refractivity contribution < 1.29 is 4.79 Å². The third-order valence-corrected chi connectivity index (χ3v) is 4.18. The van der Waals surface area contributed by atoms with Crippen molar-refractivity contribution in [3.05, 3.63) is 45.4 Å². The second kappa shape index (κ2) is 5.81. The van der Waals surface area contributed by atoms with Crippen LogP contribution in [0.2, 0.25) is 4.47 Å². The van der Waals surface area contributed by atoms with Crippen LogP contribution in [0.1, 0.15) is 28.1 Å². The zero-order valence-electron chi connectivity index (χ0n) is 10.7. The summed E-state index contributed by atoms with van der Waals surface area (Å²) >= 11 is 7.24. The smallest absolute Gasteiger partial charge is 0.253 e. The van der Waals surface area contributed by atoms with Crippen LogP contribution in [0.4, 0.5) is 5.69 Å². The van der Waals surface area contributed by atoms with Crippen molar-refractivity contribution in [2.45, 2.75) is 25.4 Å². The number of aromatic nitrogens is 1. The molecule has 1 heterocycles. The summed E-state index contributed by atoms with van der Waals surface area (Å²) in [6.07, 6.45) is 3.91. The van der Waals surface area contributed by atoms with Crippen LogP contribution in [-0.4, -0.2) is 16.9 Å². The third-order valence-electron chi connectivity index (χ3n) is 3.06. The number of carbonyl (C=O) groups excluding carboxylic acids is 1. The molecule has 0 aliphatic heterocycles. The molecule has 1 saturated carbocycles. The molecule has 1 aromatic carbocycles. The summed E-state index contributed by atoms with van der Waals surface area (Å²) in [5, 5.41) is 6.27. The Morgan fingerprint density at radius 3 is 2.90 bits per heavy atom. The first-order valence-corrected chi connectivity index (χ1v) is 7.66. The van der Waals surface area contributed by atoms with Gasteiger partial charge in [0.05, 0.1) is 12.1 Å². The Labute approximate surface area is 126 Å². The number of carbonyl (C=O) groups is 1. The monoisotopic (exact) mass is 307 g/mol. The maximum absolute atomic E-state index is 12.1. The van der Waals surface area contributed by atoms with E-state index in [1.807, 2.05) is 24.3 Å². The molecule has 2 N–H and O–H groups in total. The first kappa shape index (κ1) is 13.4. The molecule has 1 aliphatic carbocycles. The highest BCUT2D eigenvalue weighted by Crippen LogP contribution is 2.23. The number of halogens is 1. The van der Waals surface area contributed by atoms with E-state index in [4.69, 9.17) is 11.6 Å². The summed E-state index contributed by atoms with van der Waals surface area (Å²) < 4.78 is 0.529. The molecule has 4 nitrogen and oxygen atoms in total. The van der Waals surface area contributed by atoms with Gasteiger partial charge in [0.1, 0.15) is 0 Å². The summed E-state index contributed by atoms with van der Waals surface area (Å²) in [6, 6.07) is 7.88. The van der Waals surface area contributed by atoms with E-state index in [0.29, 0.717) is 22.6 Å². The van der Waals surface area contributed by atoms with Gasteiger partial charge in [0, 0.05) is 22.8 Å². The number of nitrogens with zero attached hydrogens (tertiary/aromatic N) is 1. The molecule has 2 aromatic rings. The van der Waals surface area contributed by atoms with Gasteiger partial charge in [-0.15, -0.1) is 11.3 Å². The summed E-state index contributed by atoms with van der Waals surface area (Å²) in [5.74, 6) is -0.0158. The lowest BCUT2D eigenvalue weighted by atomic mass is 10.1. The Morgan fingerprint density at radius 2 is 2.20 bits per heavy atom. The molecule has 0 radical (unpaired) electrons. The van der Waals surface area contributed by atoms with Gasteiger partial charge < -0.3 is 10.6 Å². The number of hydrogen-bond donors (Lipinski definition) is 2. The molecule has 1 aliphatic rings. The van der Waals surface area contributed by atoms with E-state index in [0.717, 1.165) is 23.4 Å². The molecule has 3 rings (SSSR count). The molecule has 0 atom stereocenters. The Morgan fingerprint density at radius 1 is 1.40 bits per heavy atom. The topological polar surface area (TPSA) is 54.0 Å². The highest BCUT2D eigenvalue weighted by molar-refractivity contribution is 7.15. The summed E-state index contributed by atoms with van der Waals surface area (Å²) in [7, 11) is 0. The van der Waals surface area contributed by atoms with Crippen molar-refractivity contribution in [1.29, 1.82) is 0 Å². The lowest BCUT2D eigenvalue weighted by Crippen LogP contribution is -2.26. The highest BCUT2D eigenvalue weighted by Gasteiger charge is 2.24. The van der Waals surface area contributed by atoms with Crippen LogP contribution >= 0.6 is 22.9 Å². The molecule has 0 unspecified atom stereocenters. The van der Waals surface area contributed by atoms with Gasteiger partial charge in [-0.3, -0.25) is 4.79 Å². The first-order chi connectivity index (χ1) is 9.72. The second-order valence-electron chi connectivity index (χ2n) is 4.73. The lowest BCUT2D eigenvalue weighted by Gasteiger charge is -2.11.